The summed E-state index contributed by atoms with van der Waals surface area (Å²) in [6, 6.07) is 7.98. The Morgan fingerprint density at radius 1 is 1.21 bits per heavy atom. The summed E-state index contributed by atoms with van der Waals surface area (Å²) in [4.78, 5) is 15.0. The summed E-state index contributed by atoms with van der Waals surface area (Å²) in [5, 5.41) is 12.0. The third-order valence-corrected chi connectivity index (χ3v) is 5.28. The summed E-state index contributed by atoms with van der Waals surface area (Å²) in [6.45, 7) is 4.28. The van der Waals surface area contributed by atoms with E-state index >= 15 is 0 Å². The molecule has 3 aromatic rings. The Morgan fingerprint density at radius 2 is 2.00 bits per heavy atom. The van der Waals surface area contributed by atoms with Crippen LogP contribution in [0.5, 0.6) is 0 Å². The fourth-order valence-corrected chi connectivity index (χ4v) is 3.96. The summed E-state index contributed by atoms with van der Waals surface area (Å²) in [6.07, 6.45) is 0.687. The predicted molar refractivity (Wildman–Crippen MR) is 90.9 cm³/mol. The molecule has 0 fully saturated rings. The molecule has 1 aliphatic rings. The Hall–Kier alpha value is -2.47. The zero-order valence-electron chi connectivity index (χ0n) is 13.5. The molecule has 1 aliphatic heterocycles. The highest BCUT2D eigenvalue weighted by Crippen LogP contribution is 2.34. The number of aromatic nitrogens is 2. The number of fused-ring (bicyclic) bond motifs is 1. The molecular formula is C18H17N3O2S. The molecule has 0 aliphatic carbocycles. The summed E-state index contributed by atoms with van der Waals surface area (Å²) >= 11 is 1.55. The van der Waals surface area contributed by atoms with Crippen molar-refractivity contribution in [3.63, 3.8) is 0 Å². The molecule has 1 amide bonds. The molecule has 0 saturated carbocycles. The number of aryl methyl sites for hydroxylation is 2. The van der Waals surface area contributed by atoms with E-state index in [1.165, 1.54) is 11.1 Å². The lowest BCUT2D eigenvalue weighted by molar-refractivity contribution is 0.0602. The lowest BCUT2D eigenvalue weighted by Gasteiger charge is -2.35. The highest BCUT2D eigenvalue weighted by molar-refractivity contribution is 7.08. The number of hydrogen-bond donors (Lipinski definition) is 0. The monoisotopic (exact) mass is 339 g/mol. The minimum atomic E-state index is -0.229. The van der Waals surface area contributed by atoms with Gasteiger partial charge in [-0.15, -0.1) is 10.2 Å². The number of nitrogens with zero attached hydrogens (tertiary/aromatic N) is 3. The first-order valence-corrected chi connectivity index (χ1v) is 8.78. The molecule has 5 nitrogen and oxygen atoms in total. The van der Waals surface area contributed by atoms with Crippen molar-refractivity contribution in [2.45, 2.75) is 32.9 Å². The summed E-state index contributed by atoms with van der Waals surface area (Å²) in [7, 11) is 0. The highest BCUT2D eigenvalue weighted by atomic mass is 32.1. The van der Waals surface area contributed by atoms with Crippen molar-refractivity contribution in [1.82, 2.24) is 15.1 Å². The van der Waals surface area contributed by atoms with E-state index in [1.807, 2.05) is 34.7 Å². The average Bonchev–Trinajstić information content (AvgIpc) is 3.21. The molecule has 0 bridgehead atoms. The van der Waals surface area contributed by atoms with Gasteiger partial charge in [0, 0.05) is 25.3 Å². The summed E-state index contributed by atoms with van der Waals surface area (Å²) in [5.41, 5.74) is 4.15. The second-order valence-electron chi connectivity index (χ2n) is 6.05. The molecule has 0 radical (unpaired) electrons. The lowest BCUT2D eigenvalue weighted by atomic mass is 9.93. The van der Waals surface area contributed by atoms with Gasteiger partial charge in [0.1, 0.15) is 6.04 Å². The molecule has 24 heavy (non-hydrogen) atoms. The Balaban J connectivity index is 1.76. The zero-order valence-corrected chi connectivity index (χ0v) is 14.3. The number of rotatable bonds is 2. The van der Waals surface area contributed by atoms with Crippen LogP contribution in [0.15, 0.2) is 39.4 Å². The number of amides is 1. The highest BCUT2D eigenvalue weighted by Gasteiger charge is 2.35. The SMILES string of the molecule is Cc1nnc([C@@H]2Cc3ccccc3CN2C(=O)c2cscc2C)o1. The van der Waals surface area contributed by atoms with Crippen LogP contribution >= 0.6 is 11.3 Å². The topological polar surface area (TPSA) is 59.2 Å². The third kappa shape index (κ3) is 2.53. The molecule has 3 heterocycles. The third-order valence-electron chi connectivity index (χ3n) is 4.42. The first kappa shape index (κ1) is 15.1. The first-order valence-electron chi connectivity index (χ1n) is 7.84. The normalized spacial score (nSPS) is 16.9. The van der Waals surface area contributed by atoms with Crippen LogP contribution in [0.4, 0.5) is 0 Å². The van der Waals surface area contributed by atoms with Crippen LogP contribution in [0, 0.1) is 13.8 Å². The fraction of sp³-hybridized carbons (Fsp3) is 0.278. The Morgan fingerprint density at radius 3 is 2.67 bits per heavy atom. The number of hydrogen-bond acceptors (Lipinski definition) is 5. The van der Waals surface area contributed by atoms with E-state index in [2.05, 4.69) is 22.3 Å². The molecule has 1 aromatic carbocycles. The van der Waals surface area contributed by atoms with Crippen molar-refractivity contribution in [3.05, 3.63) is 69.1 Å². The zero-order chi connectivity index (χ0) is 16.7. The Kier molecular flexibility index (Phi) is 3.69. The maximum Gasteiger partial charge on any atom is 0.255 e. The largest absolute Gasteiger partial charge is 0.423 e. The summed E-state index contributed by atoms with van der Waals surface area (Å²) in [5.74, 6) is 1.04. The van der Waals surface area contributed by atoms with E-state index in [1.54, 1.807) is 18.3 Å². The minimum Gasteiger partial charge on any atom is -0.423 e. The quantitative estimate of drug-likeness (QED) is 0.714. The van der Waals surface area contributed by atoms with Gasteiger partial charge in [-0.3, -0.25) is 4.79 Å². The van der Waals surface area contributed by atoms with Crippen molar-refractivity contribution < 1.29 is 9.21 Å². The molecule has 1 atom stereocenters. The molecule has 0 saturated heterocycles. The Labute approximate surface area is 143 Å². The van der Waals surface area contributed by atoms with Gasteiger partial charge in [0.05, 0.1) is 5.56 Å². The second-order valence-corrected chi connectivity index (χ2v) is 6.79. The van der Waals surface area contributed by atoms with Crippen LogP contribution in [0.2, 0.25) is 0 Å². The van der Waals surface area contributed by atoms with Gasteiger partial charge in [-0.05, 0) is 29.0 Å². The molecular weight excluding hydrogens is 322 g/mol. The number of thiophene rings is 1. The van der Waals surface area contributed by atoms with Gasteiger partial charge in [-0.25, -0.2) is 0 Å². The molecule has 4 rings (SSSR count). The average molecular weight is 339 g/mol. The molecule has 2 aromatic heterocycles. The summed E-state index contributed by atoms with van der Waals surface area (Å²) < 4.78 is 5.65. The van der Waals surface area contributed by atoms with E-state index in [9.17, 15) is 4.79 Å². The molecule has 122 valence electrons. The van der Waals surface area contributed by atoms with Crippen molar-refractivity contribution in [2.75, 3.05) is 0 Å². The van der Waals surface area contributed by atoms with Gasteiger partial charge in [0.2, 0.25) is 11.8 Å². The van der Waals surface area contributed by atoms with Crippen LogP contribution in [-0.2, 0) is 13.0 Å². The van der Waals surface area contributed by atoms with Gasteiger partial charge in [-0.1, -0.05) is 24.3 Å². The van der Waals surface area contributed by atoms with Gasteiger partial charge in [-0.2, -0.15) is 11.3 Å². The lowest BCUT2D eigenvalue weighted by Crippen LogP contribution is -2.39. The van der Waals surface area contributed by atoms with E-state index in [0.717, 1.165) is 11.1 Å². The van der Waals surface area contributed by atoms with E-state index < -0.39 is 0 Å². The van der Waals surface area contributed by atoms with Gasteiger partial charge in [0.15, 0.2) is 0 Å². The standard InChI is InChI=1S/C18H17N3O2S/c1-11-9-24-10-15(11)18(22)21-8-14-6-4-3-5-13(14)7-16(21)17-20-19-12(2)23-17/h3-6,9-10,16H,7-8H2,1-2H3/t16-/m0/s1. The predicted octanol–water partition coefficient (Wildman–Crippen LogP) is 3.69. The van der Waals surface area contributed by atoms with E-state index in [4.69, 9.17) is 4.42 Å². The smallest absolute Gasteiger partial charge is 0.255 e. The van der Waals surface area contributed by atoms with Crippen LogP contribution in [0.3, 0.4) is 0 Å². The van der Waals surface area contributed by atoms with Crippen LogP contribution in [0.25, 0.3) is 0 Å². The maximum absolute atomic E-state index is 13.1. The fourth-order valence-electron chi connectivity index (χ4n) is 3.14. The minimum absolute atomic E-state index is 0.0177. The number of carbonyl (C=O) groups excluding carboxylic acids is 1. The molecule has 0 spiro atoms. The van der Waals surface area contributed by atoms with E-state index in [-0.39, 0.29) is 11.9 Å². The van der Waals surface area contributed by atoms with Gasteiger partial charge >= 0.3 is 0 Å². The maximum atomic E-state index is 13.1. The molecule has 0 unspecified atom stereocenters. The molecule has 0 N–H and O–H groups in total. The first-order chi connectivity index (χ1) is 11.6. The second kappa shape index (κ2) is 5.87. The number of carbonyl (C=O) groups is 1. The molecule has 6 heteroatoms. The van der Waals surface area contributed by atoms with Gasteiger partial charge < -0.3 is 9.32 Å². The van der Waals surface area contributed by atoms with Gasteiger partial charge in [0.25, 0.3) is 5.91 Å². The van der Waals surface area contributed by atoms with Crippen LogP contribution < -0.4 is 0 Å². The van der Waals surface area contributed by atoms with Crippen molar-refractivity contribution >= 4 is 17.2 Å². The van der Waals surface area contributed by atoms with Crippen molar-refractivity contribution in [3.8, 4) is 0 Å². The number of benzene rings is 1. The van der Waals surface area contributed by atoms with Crippen LogP contribution in [-0.4, -0.2) is 21.0 Å². The Bertz CT molecular complexity index is 899. The van der Waals surface area contributed by atoms with Crippen molar-refractivity contribution in [1.29, 1.82) is 0 Å². The van der Waals surface area contributed by atoms with Crippen molar-refractivity contribution in [2.24, 2.45) is 0 Å². The van der Waals surface area contributed by atoms with Crippen LogP contribution in [0.1, 0.15) is 44.9 Å². The van der Waals surface area contributed by atoms with E-state index in [0.29, 0.717) is 24.7 Å².